The largest absolute Gasteiger partial charge is 0.497 e. The Morgan fingerprint density at radius 3 is 2.43 bits per heavy atom. The molecule has 0 unspecified atom stereocenters. The number of nitrogens with one attached hydrogen (secondary N) is 1. The third-order valence-corrected chi connectivity index (χ3v) is 4.10. The summed E-state index contributed by atoms with van der Waals surface area (Å²) >= 11 is 6.16. The molecule has 0 aliphatic carbocycles. The van der Waals surface area contributed by atoms with Crippen LogP contribution < -0.4 is 10.1 Å². The maximum Gasteiger partial charge on any atom is 0.317 e. The molecule has 1 saturated heterocycles. The van der Waals surface area contributed by atoms with Gasteiger partial charge in [0.1, 0.15) is 5.75 Å². The van der Waals surface area contributed by atoms with Crippen molar-refractivity contribution in [3.63, 3.8) is 0 Å². The molecule has 0 saturated carbocycles. The van der Waals surface area contributed by atoms with Crippen LogP contribution in [0.2, 0.25) is 5.02 Å². The number of nitrogens with zero attached hydrogens (tertiary/aromatic N) is 2. The number of hydrogen-bond acceptors (Lipinski definition) is 3. The molecular weight excluding hydrogens is 318 g/mol. The van der Waals surface area contributed by atoms with E-state index in [2.05, 4.69) is 5.32 Å². The molecule has 1 fully saturated rings. The summed E-state index contributed by atoms with van der Waals surface area (Å²) in [7, 11) is 1.55. The standard InChI is InChI=1S/C16H22ClN3O3/c1-3-6-18-16(22)20-9-7-19(8-10-20)15(21)13-5-4-12(23-2)11-14(13)17/h4-5,11H,3,6-10H2,1-2H3,(H,18,22). The summed E-state index contributed by atoms with van der Waals surface area (Å²) < 4.78 is 5.09. The Balaban J connectivity index is 1.94. The fourth-order valence-corrected chi connectivity index (χ4v) is 2.67. The fraction of sp³-hybridized carbons (Fsp3) is 0.500. The van der Waals surface area contributed by atoms with Crippen molar-refractivity contribution < 1.29 is 14.3 Å². The van der Waals surface area contributed by atoms with Crippen LogP contribution in [0, 0.1) is 0 Å². The number of halogens is 1. The van der Waals surface area contributed by atoms with Gasteiger partial charge in [0.15, 0.2) is 0 Å². The maximum atomic E-state index is 12.6. The van der Waals surface area contributed by atoms with Crippen molar-refractivity contribution in [2.75, 3.05) is 39.8 Å². The molecule has 1 aliphatic rings. The number of carbonyl (C=O) groups excluding carboxylic acids is 2. The number of methoxy groups -OCH3 is 1. The molecule has 7 heteroatoms. The second kappa shape index (κ2) is 8.06. The first-order valence-electron chi connectivity index (χ1n) is 7.72. The molecule has 1 heterocycles. The van der Waals surface area contributed by atoms with E-state index in [1.165, 1.54) is 0 Å². The van der Waals surface area contributed by atoms with Gasteiger partial charge in [-0.1, -0.05) is 18.5 Å². The number of urea groups is 1. The molecule has 0 bridgehead atoms. The van der Waals surface area contributed by atoms with E-state index in [9.17, 15) is 9.59 Å². The van der Waals surface area contributed by atoms with Gasteiger partial charge in [-0.2, -0.15) is 0 Å². The second-order valence-corrected chi connectivity index (χ2v) is 5.76. The summed E-state index contributed by atoms with van der Waals surface area (Å²) in [4.78, 5) is 27.9. The van der Waals surface area contributed by atoms with Crippen molar-refractivity contribution >= 4 is 23.5 Å². The molecule has 0 aromatic heterocycles. The third kappa shape index (κ3) is 4.28. The normalized spacial score (nSPS) is 14.6. The highest BCUT2D eigenvalue weighted by Gasteiger charge is 2.25. The van der Waals surface area contributed by atoms with Gasteiger partial charge >= 0.3 is 6.03 Å². The van der Waals surface area contributed by atoms with Crippen LogP contribution >= 0.6 is 11.6 Å². The number of carbonyl (C=O) groups is 2. The van der Waals surface area contributed by atoms with Gasteiger partial charge in [-0.3, -0.25) is 4.79 Å². The van der Waals surface area contributed by atoms with E-state index in [0.717, 1.165) is 6.42 Å². The Hall–Kier alpha value is -1.95. The highest BCUT2D eigenvalue weighted by molar-refractivity contribution is 6.34. The number of rotatable bonds is 4. The Kier molecular flexibility index (Phi) is 6.10. The molecule has 1 aliphatic heterocycles. The quantitative estimate of drug-likeness (QED) is 0.915. The van der Waals surface area contributed by atoms with Crippen LogP contribution in [0.25, 0.3) is 0 Å². The van der Waals surface area contributed by atoms with Crippen molar-refractivity contribution in [1.29, 1.82) is 0 Å². The molecule has 1 N–H and O–H groups in total. The minimum atomic E-state index is -0.119. The molecule has 0 atom stereocenters. The van der Waals surface area contributed by atoms with E-state index in [0.29, 0.717) is 49.1 Å². The van der Waals surface area contributed by atoms with E-state index in [1.807, 2.05) is 6.92 Å². The zero-order valence-electron chi connectivity index (χ0n) is 13.5. The van der Waals surface area contributed by atoms with Crippen LogP contribution in [0.15, 0.2) is 18.2 Å². The monoisotopic (exact) mass is 339 g/mol. The van der Waals surface area contributed by atoms with Gasteiger partial charge in [0.05, 0.1) is 17.7 Å². The Bertz CT molecular complexity index is 572. The summed E-state index contributed by atoms with van der Waals surface area (Å²) in [6.45, 7) is 4.72. The summed E-state index contributed by atoms with van der Waals surface area (Å²) in [6, 6.07) is 4.95. The van der Waals surface area contributed by atoms with Gasteiger partial charge in [-0.15, -0.1) is 0 Å². The first-order chi connectivity index (χ1) is 11.1. The first-order valence-corrected chi connectivity index (χ1v) is 8.10. The SMILES string of the molecule is CCCNC(=O)N1CCN(C(=O)c2ccc(OC)cc2Cl)CC1. The van der Waals surface area contributed by atoms with E-state index in [1.54, 1.807) is 35.1 Å². The lowest BCUT2D eigenvalue weighted by Gasteiger charge is -2.34. The first kappa shape index (κ1) is 17.4. The lowest BCUT2D eigenvalue weighted by molar-refractivity contribution is 0.0665. The van der Waals surface area contributed by atoms with Crippen molar-refractivity contribution in [2.45, 2.75) is 13.3 Å². The number of ether oxygens (including phenoxy) is 1. The lowest BCUT2D eigenvalue weighted by Crippen LogP contribution is -2.53. The molecule has 0 spiro atoms. The Morgan fingerprint density at radius 1 is 1.22 bits per heavy atom. The maximum absolute atomic E-state index is 12.6. The molecule has 6 nitrogen and oxygen atoms in total. The van der Waals surface area contributed by atoms with Crippen LogP contribution in [0.3, 0.4) is 0 Å². The van der Waals surface area contributed by atoms with E-state index in [-0.39, 0.29) is 11.9 Å². The molecule has 23 heavy (non-hydrogen) atoms. The Morgan fingerprint density at radius 2 is 1.87 bits per heavy atom. The molecular formula is C16H22ClN3O3. The van der Waals surface area contributed by atoms with Gasteiger partial charge < -0.3 is 19.9 Å². The van der Waals surface area contributed by atoms with Gasteiger partial charge in [-0.25, -0.2) is 4.79 Å². The minimum Gasteiger partial charge on any atom is -0.497 e. The zero-order chi connectivity index (χ0) is 16.8. The molecule has 126 valence electrons. The van der Waals surface area contributed by atoms with Crippen LogP contribution in [-0.4, -0.2) is 61.6 Å². The number of benzene rings is 1. The van der Waals surface area contributed by atoms with E-state index in [4.69, 9.17) is 16.3 Å². The lowest BCUT2D eigenvalue weighted by atomic mass is 10.1. The summed E-state index contributed by atoms with van der Waals surface area (Å²) in [5, 5.41) is 3.22. The van der Waals surface area contributed by atoms with E-state index >= 15 is 0 Å². The van der Waals surface area contributed by atoms with Gasteiger partial charge in [0, 0.05) is 32.7 Å². The topological polar surface area (TPSA) is 61.9 Å². The van der Waals surface area contributed by atoms with Gasteiger partial charge in [-0.05, 0) is 24.6 Å². The van der Waals surface area contributed by atoms with Crippen molar-refractivity contribution in [2.24, 2.45) is 0 Å². The molecule has 0 radical (unpaired) electrons. The fourth-order valence-electron chi connectivity index (χ4n) is 2.42. The average molecular weight is 340 g/mol. The third-order valence-electron chi connectivity index (χ3n) is 3.79. The molecule has 3 amide bonds. The number of amides is 3. The molecule has 2 rings (SSSR count). The van der Waals surface area contributed by atoms with Crippen LogP contribution in [0.5, 0.6) is 5.75 Å². The smallest absolute Gasteiger partial charge is 0.317 e. The highest BCUT2D eigenvalue weighted by Crippen LogP contribution is 2.24. The summed E-state index contributed by atoms with van der Waals surface area (Å²) in [5.74, 6) is 0.496. The van der Waals surface area contributed by atoms with Gasteiger partial charge in [0.25, 0.3) is 5.91 Å². The second-order valence-electron chi connectivity index (χ2n) is 5.36. The summed E-state index contributed by atoms with van der Waals surface area (Å²) in [5.41, 5.74) is 0.455. The van der Waals surface area contributed by atoms with Crippen LogP contribution in [0.4, 0.5) is 4.79 Å². The number of hydrogen-bond donors (Lipinski definition) is 1. The molecule has 1 aromatic rings. The van der Waals surface area contributed by atoms with Crippen molar-refractivity contribution in [1.82, 2.24) is 15.1 Å². The Labute approximate surface area is 141 Å². The summed E-state index contributed by atoms with van der Waals surface area (Å²) in [6.07, 6.45) is 0.903. The van der Waals surface area contributed by atoms with E-state index < -0.39 is 0 Å². The zero-order valence-corrected chi connectivity index (χ0v) is 14.2. The highest BCUT2D eigenvalue weighted by atomic mass is 35.5. The van der Waals surface area contributed by atoms with Crippen LogP contribution in [-0.2, 0) is 0 Å². The predicted molar refractivity (Wildman–Crippen MR) is 89.2 cm³/mol. The minimum absolute atomic E-state index is 0.0681. The van der Waals surface area contributed by atoms with Crippen molar-refractivity contribution in [3.8, 4) is 5.75 Å². The predicted octanol–water partition coefficient (Wildman–Crippen LogP) is 2.23. The van der Waals surface area contributed by atoms with Crippen molar-refractivity contribution in [3.05, 3.63) is 28.8 Å². The van der Waals surface area contributed by atoms with Gasteiger partial charge in [0.2, 0.25) is 0 Å². The molecule has 1 aromatic carbocycles. The number of piperazine rings is 1. The van der Waals surface area contributed by atoms with Crippen LogP contribution in [0.1, 0.15) is 23.7 Å². The average Bonchev–Trinajstić information content (AvgIpc) is 2.59.